The largest absolute Gasteiger partial charge is 0.356 e. The van der Waals surface area contributed by atoms with E-state index in [9.17, 15) is 9.59 Å². The topological polar surface area (TPSA) is 86.2 Å². The van der Waals surface area contributed by atoms with E-state index >= 15 is 0 Å². The van der Waals surface area contributed by atoms with Gasteiger partial charge in [0.25, 0.3) is 5.56 Å². The second kappa shape index (κ2) is 8.56. The van der Waals surface area contributed by atoms with Crippen molar-refractivity contribution in [2.45, 2.75) is 38.9 Å². The van der Waals surface area contributed by atoms with Gasteiger partial charge in [0.15, 0.2) is 0 Å². The standard InChI is InChI=1S/C23H25N5O2/c1-2-3-13-27-21(26-12-6-8-18(24)15-26)14-22(29)28(23(27)30)16-20-19-9-5-4-7-17(19)10-11-25-20/h4-5,7,9-11,14,18H,6,8,12-13,15-16,24H2,1H3/t18-/m1/s1. The Kier molecular flexibility index (Phi) is 5.68. The number of anilines is 1. The van der Waals surface area contributed by atoms with Gasteiger partial charge < -0.3 is 10.6 Å². The van der Waals surface area contributed by atoms with Crippen LogP contribution in [0.5, 0.6) is 0 Å². The van der Waals surface area contributed by atoms with Crippen molar-refractivity contribution in [3.05, 3.63) is 69.1 Å². The molecule has 2 N–H and O–H groups in total. The molecular weight excluding hydrogens is 378 g/mol. The maximum atomic E-state index is 13.4. The molecule has 3 heterocycles. The first kappa shape index (κ1) is 19.9. The molecule has 3 aromatic rings. The van der Waals surface area contributed by atoms with Crippen LogP contribution in [0.2, 0.25) is 0 Å². The van der Waals surface area contributed by atoms with Gasteiger partial charge in [0.1, 0.15) is 5.82 Å². The third-order valence-corrected chi connectivity index (χ3v) is 5.52. The molecule has 0 aliphatic carbocycles. The van der Waals surface area contributed by atoms with Crippen molar-refractivity contribution in [2.75, 3.05) is 18.0 Å². The molecule has 0 saturated carbocycles. The molecule has 1 fully saturated rings. The van der Waals surface area contributed by atoms with Crippen molar-refractivity contribution >= 4 is 16.6 Å². The monoisotopic (exact) mass is 403 g/mol. The van der Waals surface area contributed by atoms with Crippen LogP contribution >= 0.6 is 0 Å². The van der Waals surface area contributed by atoms with Gasteiger partial charge in [0.05, 0.1) is 18.8 Å². The fraction of sp³-hybridized carbons (Fsp3) is 0.348. The van der Waals surface area contributed by atoms with Gasteiger partial charge in [0.2, 0.25) is 0 Å². The third-order valence-electron chi connectivity index (χ3n) is 5.52. The first-order valence-corrected chi connectivity index (χ1v) is 10.2. The van der Waals surface area contributed by atoms with Gasteiger partial charge in [-0.1, -0.05) is 30.2 Å². The number of aromatic nitrogens is 3. The van der Waals surface area contributed by atoms with Crippen LogP contribution in [0, 0.1) is 11.8 Å². The quantitative estimate of drug-likeness (QED) is 0.668. The molecule has 1 aliphatic heterocycles. The van der Waals surface area contributed by atoms with Crippen LogP contribution in [-0.2, 0) is 13.1 Å². The summed E-state index contributed by atoms with van der Waals surface area (Å²) in [5, 5.41) is 1.95. The van der Waals surface area contributed by atoms with Gasteiger partial charge in [-0.05, 0) is 31.2 Å². The smallest absolute Gasteiger partial charge is 0.333 e. The zero-order valence-electron chi connectivity index (χ0n) is 17.0. The maximum Gasteiger partial charge on any atom is 0.333 e. The molecule has 4 rings (SSSR count). The summed E-state index contributed by atoms with van der Waals surface area (Å²) in [6.07, 6.45) is 3.57. The number of piperidine rings is 1. The van der Waals surface area contributed by atoms with E-state index in [1.54, 1.807) is 17.7 Å². The molecule has 154 valence electrons. The molecule has 0 unspecified atom stereocenters. The van der Waals surface area contributed by atoms with Gasteiger partial charge in [-0.15, -0.1) is 5.92 Å². The van der Waals surface area contributed by atoms with Crippen LogP contribution in [0.25, 0.3) is 10.8 Å². The Hall–Kier alpha value is -3.37. The minimum absolute atomic E-state index is 0.0295. The average molecular weight is 403 g/mol. The molecule has 1 aliphatic rings. The van der Waals surface area contributed by atoms with E-state index in [0.717, 1.165) is 30.2 Å². The van der Waals surface area contributed by atoms with Gasteiger partial charge in [-0.25, -0.2) is 4.79 Å². The highest BCUT2D eigenvalue weighted by Gasteiger charge is 2.22. The van der Waals surface area contributed by atoms with Crippen LogP contribution in [-0.4, -0.2) is 33.2 Å². The lowest BCUT2D eigenvalue weighted by molar-refractivity contribution is 0.491. The zero-order valence-corrected chi connectivity index (χ0v) is 17.0. The summed E-state index contributed by atoms with van der Waals surface area (Å²) in [7, 11) is 0. The van der Waals surface area contributed by atoms with Crippen molar-refractivity contribution in [3.63, 3.8) is 0 Å². The fourth-order valence-corrected chi connectivity index (χ4v) is 3.99. The first-order valence-electron chi connectivity index (χ1n) is 10.2. The molecule has 1 aromatic carbocycles. The Bertz CT molecular complexity index is 1240. The second-order valence-corrected chi connectivity index (χ2v) is 7.55. The van der Waals surface area contributed by atoms with Gasteiger partial charge in [-0.3, -0.25) is 18.9 Å². The van der Waals surface area contributed by atoms with Crippen LogP contribution in [0.3, 0.4) is 0 Å². The van der Waals surface area contributed by atoms with E-state index in [2.05, 4.69) is 16.8 Å². The Labute approximate surface area is 174 Å². The van der Waals surface area contributed by atoms with E-state index in [-0.39, 0.29) is 30.4 Å². The predicted octanol–water partition coefficient (Wildman–Crippen LogP) is 1.56. The van der Waals surface area contributed by atoms with Crippen molar-refractivity contribution < 1.29 is 0 Å². The Morgan fingerprint density at radius 3 is 2.83 bits per heavy atom. The number of hydrogen-bond acceptors (Lipinski definition) is 5. The van der Waals surface area contributed by atoms with Gasteiger partial charge >= 0.3 is 5.69 Å². The highest BCUT2D eigenvalue weighted by molar-refractivity contribution is 5.84. The zero-order chi connectivity index (χ0) is 21.1. The Morgan fingerprint density at radius 2 is 2.03 bits per heavy atom. The predicted molar refractivity (Wildman–Crippen MR) is 119 cm³/mol. The normalized spacial score (nSPS) is 16.3. The first-order chi connectivity index (χ1) is 14.6. The van der Waals surface area contributed by atoms with Crippen LogP contribution in [0.1, 0.15) is 25.5 Å². The molecule has 0 amide bonds. The molecule has 30 heavy (non-hydrogen) atoms. The summed E-state index contributed by atoms with van der Waals surface area (Å²) in [5.41, 5.74) is 6.09. The summed E-state index contributed by atoms with van der Waals surface area (Å²) in [6.45, 7) is 3.45. The van der Waals surface area contributed by atoms with Crippen molar-refractivity contribution in [3.8, 4) is 11.8 Å². The molecule has 0 bridgehead atoms. The van der Waals surface area contributed by atoms with E-state index in [1.807, 2.05) is 35.2 Å². The van der Waals surface area contributed by atoms with Gasteiger partial charge in [0, 0.05) is 36.8 Å². The summed E-state index contributed by atoms with van der Waals surface area (Å²) >= 11 is 0. The van der Waals surface area contributed by atoms with Crippen molar-refractivity contribution in [2.24, 2.45) is 5.73 Å². The van der Waals surface area contributed by atoms with Crippen LogP contribution in [0.15, 0.2) is 52.2 Å². The summed E-state index contributed by atoms with van der Waals surface area (Å²) in [6, 6.07) is 11.3. The fourth-order valence-electron chi connectivity index (χ4n) is 3.99. The number of fused-ring (bicyclic) bond motifs is 1. The molecule has 0 radical (unpaired) electrons. The van der Waals surface area contributed by atoms with Crippen molar-refractivity contribution in [1.29, 1.82) is 0 Å². The minimum atomic E-state index is -0.380. The highest BCUT2D eigenvalue weighted by Crippen LogP contribution is 2.18. The molecule has 7 heteroatoms. The number of hydrogen-bond donors (Lipinski definition) is 1. The number of pyridine rings is 1. The van der Waals surface area contributed by atoms with E-state index in [1.165, 1.54) is 10.6 Å². The number of nitrogens with two attached hydrogens (primary N) is 1. The number of nitrogens with zero attached hydrogens (tertiary/aromatic N) is 4. The van der Waals surface area contributed by atoms with E-state index in [4.69, 9.17) is 5.73 Å². The number of rotatable bonds is 4. The van der Waals surface area contributed by atoms with Gasteiger partial charge in [-0.2, -0.15) is 0 Å². The lowest BCUT2D eigenvalue weighted by Gasteiger charge is -2.33. The Balaban J connectivity index is 1.81. The molecule has 7 nitrogen and oxygen atoms in total. The SMILES string of the molecule is CC#CCn1c(N2CCC[C@@H](N)C2)cc(=O)n(Cc2nccc3ccccc23)c1=O. The lowest BCUT2D eigenvalue weighted by Crippen LogP contribution is -2.48. The summed E-state index contributed by atoms with van der Waals surface area (Å²) in [4.78, 5) is 32.8. The molecule has 0 spiro atoms. The molecular formula is C23H25N5O2. The number of benzene rings is 1. The Morgan fingerprint density at radius 1 is 1.20 bits per heavy atom. The summed E-state index contributed by atoms with van der Waals surface area (Å²) < 4.78 is 2.81. The maximum absolute atomic E-state index is 13.4. The second-order valence-electron chi connectivity index (χ2n) is 7.55. The van der Waals surface area contributed by atoms with E-state index < -0.39 is 0 Å². The van der Waals surface area contributed by atoms with Crippen molar-refractivity contribution in [1.82, 2.24) is 14.1 Å². The van der Waals surface area contributed by atoms with Crippen LogP contribution in [0.4, 0.5) is 5.82 Å². The average Bonchev–Trinajstić information content (AvgIpc) is 2.76. The highest BCUT2D eigenvalue weighted by atomic mass is 16.2. The van der Waals surface area contributed by atoms with Crippen LogP contribution < -0.4 is 21.9 Å². The van der Waals surface area contributed by atoms with E-state index in [0.29, 0.717) is 18.1 Å². The summed E-state index contributed by atoms with van der Waals surface area (Å²) in [5.74, 6) is 6.39. The molecule has 1 atom stereocenters. The minimum Gasteiger partial charge on any atom is -0.356 e. The molecule has 1 saturated heterocycles. The lowest BCUT2D eigenvalue weighted by atomic mass is 10.1. The molecule has 2 aromatic heterocycles. The third kappa shape index (κ3) is 3.87.